The molecule has 0 aliphatic heterocycles. The van der Waals surface area contributed by atoms with Gasteiger partial charge in [0, 0.05) is 25.8 Å². The molecule has 0 radical (unpaired) electrons. The van der Waals surface area contributed by atoms with Crippen LogP contribution in [0.2, 0.25) is 0 Å². The van der Waals surface area contributed by atoms with Gasteiger partial charge >= 0.3 is 0 Å². The smallest absolute Gasteiger partial charge is 0.287 e. The van der Waals surface area contributed by atoms with Gasteiger partial charge in [-0.3, -0.25) is 9.59 Å². The summed E-state index contributed by atoms with van der Waals surface area (Å²) in [6, 6.07) is 10.7. The topological polar surface area (TPSA) is 80.6 Å². The Morgan fingerprint density at radius 1 is 1.21 bits per heavy atom. The highest BCUT2D eigenvalue weighted by atomic mass is 16.5. The molecule has 2 amide bonds. The third-order valence-corrected chi connectivity index (χ3v) is 3.31. The first-order valence-corrected chi connectivity index (χ1v) is 7.87. The molecule has 0 fully saturated rings. The van der Waals surface area contributed by atoms with E-state index in [4.69, 9.17) is 9.15 Å². The molecule has 0 aliphatic rings. The number of methoxy groups -OCH3 is 1. The van der Waals surface area contributed by atoms with Gasteiger partial charge in [0.2, 0.25) is 5.91 Å². The van der Waals surface area contributed by atoms with Crippen molar-refractivity contribution in [1.82, 2.24) is 5.32 Å². The molecule has 2 N–H and O–H groups in total. The predicted octanol–water partition coefficient (Wildman–Crippen LogP) is 3.09. The summed E-state index contributed by atoms with van der Waals surface area (Å²) in [5, 5.41) is 5.63. The van der Waals surface area contributed by atoms with E-state index in [0.29, 0.717) is 25.3 Å². The number of carbonyl (C=O) groups is 2. The van der Waals surface area contributed by atoms with Crippen molar-refractivity contribution in [1.29, 1.82) is 0 Å². The lowest BCUT2D eigenvalue weighted by atomic mass is 10.2. The molecule has 0 bridgehead atoms. The largest absolute Gasteiger partial charge is 0.453 e. The number of nitrogens with one attached hydrogen (secondary N) is 2. The Hall–Kier alpha value is -2.60. The average molecular weight is 330 g/mol. The summed E-state index contributed by atoms with van der Waals surface area (Å²) in [4.78, 5) is 23.7. The van der Waals surface area contributed by atoms with Gasteiger partial charge in [-0.05, 0) is 36.2 Å². The van der Waals surface area contributed by atoms with Gasteiger partial charge in [0.1, 0.15) is 12.4 Å². The Morgan fingerprint density at radius 2 is 2.04 bits per heavy atom. The minimum Gasteiger partial charge on any atom is -0.453 e. The summed E-state index contributed by atoms with van der Waals surface area (Å²) in [6.07, 6.45) is 1.29. The maximum Gasteiger partial charge on any atom is 0.287 e. The zero-order chi connectivity index (χ0) is 17.4. The van der Waals surface area contributed by atoms with E-state index in [1.165, 1.54) is 0 Å². The van der Waals surface area contributed by atoms with Gasteiger partial charge in [0.15, 0.2) is 5.76 Å². The lowest BCUT2D eigenvalue weighted by molar-refractivity contribution is -0.116. The van der Waals surface area contributed by atoms with Gasteiger partial charge in [-0.15, -0.1) is 0 Å². The van der Waals surface area contributed by atoms with E-state index in [1.807, 2.05) is 31.2 Å². The highest BCUT2D eigenvalue weighted by Gasteiger charge is 2.11. The Morgan fingerprint density at radius 3 is 2.79 bits per heavy atom. The standard InChI is InChI=1S/C18H22N2O4/c1-3-5-17(21)20-14-7-4-6-13(10-14)11-19-18(22)16-9-8-15(24-16)12-23-2/h4,6-10H,3,5,11-12H2,1-2H3,(H,19,22)(H,20,21). The molecule has 0 saturated heterocycles. The minimum atomic E-state index is -0.294. The Balaban J connectivity index is 1.91. The molecule has 0 atom stereocenters. The van der Waals surface area contributed by atoms with Crippen molar-refractivity contribution >= 4 is 17.5 Å². The van der Waals surface area contributed by atoms with E-state index in [9.17, 15) is 9.59 Å². The van der Waals surface area contributed by atoms with Crippen LogP contribution in [0.15, 0.2) is 40.8 Å². The number of carbonyl (C=O) groups excluding carboxylic acids is 2. The molecule has 2 rings (SSSR count). The maximum atomic E-state index is 12.1. The summed E-state index contributed by atoms with van der Waals surface area (Å²) >= 11 is 0. The number of amides is 2. The van der Waals surface area contributed by atoms with E-state index in [2.05, 4.69) is 10.6 Å². The number of furan rings is 1. The molecular formula is C18H22N2O4. The zero-order valence-electron chi connectivity index (χ0n) is 13.9. The fraction of sp³-hybridized carbons (Fsp3) is 0.333. The van der Waals surface area contributed by atoms with Gasteiger partial charge in [-0.25, -0.2) is 0 Å². The highest BCUT2D eigenvalue weighted by Crippen LogP contribution is 2.12. The van der Waals surface area contributed by atoms with E-state index in [0.717, 1.165) is 17.7 Å². The number of rotatable bonds is 8. The molecule has 24 heavy (non-hydrogen) atoms. The summed E-state index contributed by atoms with van der Waals surface area (Å²) in [6.45, 7) is 2.63. The van der Waals surface area contributed by atoms with Crippen molar-refractivity contribution in [3.8, 4) is 0 Å². The fourth-order valence-corrected chi connectivity index (χ4v) is 2.20. The van der Waals surface area contributed by atoms with Gasteiger partial charge in [-0.1, -0.05) is 19.1 Å². The molecule has 0 spiro atoms. The van der Waals surface area contributed by atoms with Gasteiger partial charge in [0.05, 0.1) is 0 Å². The maximum absolute atomic E-state index is 12.1. The van der Waals surface area contributed by atoms with Crippen molar-refractivity contribution < 1.29 is 18.7 Å². The predicted molar refractivity (Wildman–Crippen MR) is 90.6 cm³/mol. The third-order valence-electron chi connectivity index (χ3n) is 3.31. The second-order valence-electron chi connectivity index (χ2n) is 5.38. The molecule has 1 aromatic heterocycles. The van der Waals surface area contributed by atoms with Crippen LogP contribution in [0.4, 0.5) is 5.69 Å². The Kier molecular flexibility index (Phi) is 6.57. The lowest BCUT2D eigenvalue weighted by Gasteiger charge is -2.08. The van der Waals surface area contributed by atoms with Crippen molar-refractivity contribution in [3.63, 3.8) is 0 Å². The number of ether oxygens (including phenoxy) is 1. The van der Waals surface area contributed by atoms with E-state index >= 15 is 0 Å². The van der Waals surface area contributed by atoms with Crippen LogP contribution in [0.1, 0.15) is 41.6 Å². The molecule has 2 aromatic rings. The van der Waals surface area contributed by atoms with Crippen LogP contribution in [-0.2, 0) is 22.7 Å². The molecule has 1 aromatic carbocycles. The van der Waals surface area contributed by atoms with Crippen LogP contribution in [-0.4, -0.2) is 18.9 Å². The van der Waals surface area contributed by atoms with Crippen LogP contribution >= 0.6 is 0 Å². The molecule has 128 valence electrons. The van der Waals surface area contributed by atoms with Gasteiger partial charge in [0.25, 0.3) is 5.91 Å². The molecule has 0 unspecified atom stereocenters. The first kappa shape index (κ1) is 17.7. The van der Waals surface area contributed by atoms with Gasteiger partial charge < -0.3 is 19.8 Å². The second kappa shape index (κ2) is 8.88. The summed E-state index contributed by atoms with van der Waals surface area (Å²) < 4.78 is 10.3. The molecular weight excluding hydrogens is 308 g/mol. The Bertz CT molecular complexity index is 694. The molecule has 6 nitrogen and oxygen atoms in total. The van der Waals surface area contributed by atoms with Crippen LogP contribution in [0.3, 0.4) is 0 Å². The third kappa shape index (κ3) is 5.24. The van der Waals surface area contributed by atoms with Crippen LogP contribution in [0.25, 0.3) is 0 Å². The van der Waals surface area contributed by atoms with Crippen molar-refractivity contribution in [2.24, 2.45) is 0 Å². The zero-order valence-corrected chi connectivity index (χ0v) is 13.9. The van der Waals surface area contributed by atoms with Crippen molar-refractivity contribution in [2.75, 3.05) is 12.4 Å². The number of benzene rings is 1. The molecule has 1 heterocycles. The van der Waals surface area contributed by atoms with E-state index < -0.39 is 0 Å². The van der Waals surface area contributed by atoms with Crippen LogP contribution in [0, 0.1) is 0 Å². The number of hydrogen-bond donors (Lipinski definition) is 2. The van der Waals surface area contributed by atoms with Crippen LogP contribution in [0.5, 0.6) is 0 Å². The first-order chi connectivity index (χ1) is 11.6. The van der Waals surface area contributed by atoms with E-state index in [1.54, 1.807) is 19.2 Å². The van der Waals surface area contributed by atoms with Crippen LogP contribution < -0.4 is 10.6 Å². The normalized spacial score (nSPS) is 10.4. The highest BCUT2D eigenvalue weighted by molar-refractivity contribution is 5.92. The van der Waals surface area contributed by atoms with E-state index in [-0.39, 0.29) is 17.6 Å². The quantitative estimate of drug-likeness (QED) is 0.779. The monoisotopic (exact) mass is 330 g/mol. The second-order valence-corrected chi connectivity index (χ2v) is 5.38. The van der Waals surface area contributed by atoms with Gasteiger partial charge in [-0.2, -0.15) is 0 Å². The minimum absolute atomic E-state index is 0.0139. The number of anilines is 1. The Labute approximate surface area is 141 Å². The van der Waals surface area contributed by atoms with Crippen molar-refractivity contribution in [3.05, 3.63) is 53.5 Å². The molecule has 0 saturated carbocycles. The molecule has 6 heteroatoms. The first-order valence-electron chi connectivity index (χ1n) is 7.87. The average Bonchev–Trinajstić information content (AvgIpc) is 3.02. The summed E-state index contributed by atoms with van der Waals surface area (Å²) in [7, 11) is 1.56. The number of hydrogen-bond acceptors (Lipinski definition) is 4. The fourth-order valence-electron chi connectivity index (χ4n) is 2.20. The lowest BCUT2D eigenvalue weighted by Crippen LogP contribution is -2.22. The SMILES string of the molecule is CCCC(=O)Nc1cccc(CNC(=O)c2ccc(COC)o2)c1. The molecule has 0 aliphatic carbocycles. The summed E-state index contributed by atoms with van der Waals surface area (Å²) in [5.74, 6) is 0.537. The van der Waals surface area contributed by atoms with Crippen molar-refractivity contribution in [2.45, 2.75) is 32.9 Å². The summed E-state index contributed by atoms with van der Waals surface area (Å²) in [5.41, 5.74) is 1.61.